The molecule has 0 heterocycles. The zero-order valence-electron chi connectivity index (χ0n) is 8.37. The fraction of sp³-hybridized carbons (Fsp3) is 0.800. The second-order valence-corrected chi connectivity index (χ2v) is 4.24. The van der Waals surface area contributed by atoms with Crippen molar-refractivity contribution < 1.29 is 14.3 Å². The predicted octanol–water partition coefficient (Wildman–Crippen LogP) is 1.41. The molecule has 1 saturated carbocycles. The molecule has 0 aromatic heterocycles. The van der Waals surface area contributed by atoms with Crippen molar-refractivity contribution in [3.8, 4) is 0 Å². The Balaban J connectivity index is 2.36. The van der Waals surface area contributed by atoms with Crippen molar-refractivity contribution in [2.24, 2.45) is 17.3 Å². The van der Waals surface area contributed by atoms with Crippen LogP contribution in [0.2, 0.25) is 0 Å². The molecule has 1 aliphatic rings. The van der Waals surface area contributed by atoms with E-state index in [1.165, 1.54) is 6.92 Å². The van der Waals surface area contributed by atoms with E-state index in [1.807, 2.05) is 0 Å². The first-order valence-corrected chi connectivity index (χ1v) is 4.57. The molecular weight excluding hydrogens is 168 g/mol. The number of hydrogen-bond donors (Lipinski definition) is 0. The third-order valence-corrected chi connectivity index (χ3v) is 3.10. The fourth-order valence-electron chi connectivity index (χ4n) is 1.97. The monoisotopic (exact) mass is 184 g/mol. The van der Waals surface area contributed by atoms with Crippen LogP contribution in [0.1, 0.15) is 27.2 Å². The van der Waals surface area contributed by atoms with Crippen LogP contribution in [0.15, 0.2) is 0 Å². The Labute approximate surface area is 78.5 Å². The summed E-state index contributed by atoms with van der Waals surface area (Å²) in [7, 11) is 0. The summed E-state index contributed by atoms with van der Waals surface area (Å²) in [5.74, 6) is 0.513. The topological polar surface area (TPSA) is 43.4 Å². The van der Waals surface area contributed by atoms with Crippen LogP contribution in [0, 0.1) is 17.3 Å². The highest BCUT2D eigenvalue weighted by molar-refractivity contribution is 5.66. The Morgan fingerprint density at radius 1 is 1.46 bits per heavy atom. The second kappa shape index (κ2) is 3.48. The molecule has 0 bridgehead atoms. The molecular formula is C10H16O3. The van der Waals surface area contributed by atoms with Gasteiger partial charge in [0.1, 0.15) is 6.29 Å². The maximum atomic E-state index is 10.6. The molecule has 74 valence electrons. The maximum Gasteiger partial charge on any atom is 0.302 e. The van der Waals surface area contributed by atoms with Crippen LogP contribution < -0.4 is 0 Å². The van der Waals surface area contributed by atoms with Crippen LogP contribution in [-0.2, 0) is 14.3 Å². The number of carbonyl (C=O) groups is 2. The molecule has 13 heavy (non-hydrogen) atoms. The minimum absolute atomic E-state index is 0.163. The van der Waals surface area contributed by atoms with Crippen molar-refractivity contribution in [2.45, 2.75) is 27.2 Å². The SMILES string of the molecule is CC(=O)OC[C@H]1[C@H](CC=O)C1(C)C. The van der Waals surface area contributed by atoms with Gasteiger partial charge < -0.3 is 9.53 Å². The van der Waals surface area contributed by atoms with Crippen molar-refractivity contribution in [1.82, 2.24) is 0 Å². The van der Waals surface area contributed by atoms with E-state index in [9.17, 15) is 9.59 Å². The molecule has 0 saturated heterocycles. The Hall–Kier alpha value is -0.860. The molecule has 0 aromatic carbocycles. The van der Waals surface area contributed by atoms with E-state index in [-0.39, 0.29) is 11.4 Å². The summed E-state index contributed by atoms with van der Waals surface area (Å²) in [4.78, 5) is 20.9. The molecule has 1 aliphatic carbocycles. The van der Waals surface area contributed by atoms with Gasteiger partial charge in [0.2, 0.25) is 0 Å². The number of carbonyl (C=O) groups excluding carboxylic acids is 2. The minimum Gasteiger partial charge on any atom is -0.466 e. The third kappa shape index (κ3) is 2.08. The van der Waals surface area contributed by atoms with Gasteiger partial charge in [-0.1, -0.05) is 13.8 Å². The van der Waals surface area contributed by atoms with Crippen molar-refractivity contribution in [1.29, 1.82) is 0 Å². The lowest BCUT2D eigenvalue weighted by Gasteiger charge is -2.02. The van der Waals surface area contributed by atoms with Gasteiger partial charge in [0, 0.05) is 19.3 Å². The molecule has 1 rings (SSSR count). The average Bonchev–Trinajstić information content (AvgIpc) is 2.51. The Morgan fingerprint density at radius 2 is 2.08 bits per heavy atom. The normalized spacial score (nSPS) is 29.5. The first kappa shape index (κ1) is 10.2. The van der Waals surface area contributed by atoms with Gasteiger partial charge in [-0.2, -0.15) is 0 Å². The second-order valence-electron chi connectivity index (χ2n) is 4.24. The van der Waals surface area contributed by atoms with Gasteiger partial charge in [-0.05, 0) is 11.3 Å². The predicted molar refractivity (Wildman–Crippen MR) is 48.1 cm³/mol. The van der Waals surface area contributed by atoms with Crippen LogP contribution >= 0.6 is 0 Å². The van der Waals surface area contributed by atoms with Gasteiger partial charge in [0.05, 0.1) is 6.61 Å². The maximum absolute atomic E-state index is 10.6. The summed E-state index contributed by atoms with van der Waals surface area (Å²) < 4.78 is 4.92. The fourth-order valence-corrected chi connectivity index (χ4v) is 1.97. The summed E-state index contributed by atoms with van der Waals surface area (Å²) in [6.45, 7) is 6.08. The van der Waals surface area contributed by atoms with E-state index in [0.29, 0.717) is 24.9 Å². The van der Waals surface area contributed by atoms with Crippen LogP contribution in [0.3, 0.4) is 0 Å². The van der Waals surface area contributed by atoms with Crippen LogP contribution in [0.25, 0.3) is 0 Å². The number of esters is 1. The molecule has 2 atom stereocenters. The Bertz CT molecular complexity index is 220. The molecule has 0 amide bonds. The van der Waals surface area contributed by atoms with Gasteiger partial charge in [-0.3, -0.25) is 4.79 Å². The molecule has 1 fully saturated rings. The summed E-state index contributed by atoms with van der Waals surface area (Å²) >= 11 is 0. The van der Waals surface area contributed by atoms with E-state index in [4.69, 9.17) is 4.74 Å². The smallest absolute Gasteiger partial charge is 0.302 e. The molecule has 0 aliphatic heterocycles. The summed E-state index contributed by atoms with van der Waals surface area (Å²) in [5, 5.41) is 0. The lowest BCUT2D eigenvalue weighted by molar-refractivity contribution is -0.141. The highest BCUT2D eigenvalue weighted by Gasteiger charge is 2.57. The van der Waals surface area contributed by atoms with E-state index >= 15 is 0 Å². The highest BCUT2D eigenvalue weighted by atomic mass is 16.5. The van der Waals surface area contributed by atoms with Gasteiger partial charge in [0.25, 0.3) is 0 Å². The first-order chi connectivity index (χ1) is 6.00. The number of hydrogen-bond acceptors (Lipinski definition) is 3. The third-order valence-electron chi connectivity index (χ3n) is 3.10. The minimum atomic E-state index is -0.243. The summed E-state index contributed by atoms with van der Waals surface area (Å²) in [6.07, 6.45) is 1.53. The molecule has 0 unspecified atom stereocenters. The van der Waals surface area contributed by atoms with Gasteiger partial charge >= 0.3 is 5.97 Å². The number of aldehydes is 1. The standard InChI is InChI=1S/C10H16O3/c1-7(12)13-6-9-8(4-5-11)10(9,2)3/h5,8-9H,4,6H2,1-3H3/t8-,9-/m0/s1. The largest absolute Gasteiger partial charge is 0.466 e. The van der Waals surface area contributed by atoms with Crippen LogP contribution in [0.5, 0.6) is 0 Å². The lowest BCUT2D eigenvalue weighted by Crippen LogP contribution is -2.05. The zero-order chi connectivity index (χ0) is 10.1. The van der Waals surface area contributed by atoms with E-state index in [2.05, 4.69) is 13.8 Å². The Kier molecular flexibility index (Phi) is 2.74. The van der Waals surface area contributed by atoms with E-state index in [1.54, 1.807) is 0 Å². The Morgan fingerprint density at radius 3 is 2.54 bits per heavy atom. The lowest BCUT2D eigenvalue weighted by atomic mass is 10.1. The van der Waals surface area contributed by atoms with Gasteiger partial charge in [-0.25, -0.2) is 0 Å². The highest BCUT2D eigenvalue weighted by Crippen LogP contribution is 2.59. The van der Waals surface area contributed by atoms with E-state index < -0.39 is 0 Å². The molecule has 0 aromatic rings. The first-order valence-electron chi connectivity index (χ1n) is 4.57. The molecule has 0 radical (unpaired) electrons. The van der Waals surface area contributed by atoms with Crippen molar-refractivity contribution in [3.63, 3.8) is 0 Å². The zero-order valence-corrected chi connectivity index (χ0v) is 8.37. The average molecular weight is 184 g/mol. The number of ether oxygens (including phenoxy) is 1. The molecule has 0 N–H and O–H groups in total. The quantitative estimate of drug-likeness (QED) is 0.490. The van der Waals surface area contributed by atoms with Crippen molar-refractivity contribution >= 4 is 12.3 Å². The van der Waals surface area contributed by atoms with Gasteiger partial charge in [0.15, 0.2) is 0 Å². The molecule has 3 nitrogen and oxygen atoms in total. The number of rotatable bonds is 4. The van der Waals surface area contributed by atoms with Crippen LogP contribution in [0.4, 0.5) is 0 Å². The molecule has 3 heteroatoms. The van der Waals surface area contributed by atoms with Crippen molar-refractivity contribution in [3.05, 3.63) is 0 Å². The summed E-state index contributed by atoms with van der Waals surface area (Å²) in [5.41, 5.74) is 0.163. The summed E-state index contributed by atoms with van der Waals surface area (Å²) in [6, 6.07) is 0. The van der Waals surface area contributed by atoms with Gasteiger partial charge in [-0.15, -0.1) is 0 Å². The van der Waals surface area contributed by atoms with E-state index in [0.717, 1.165) is 6.29 Å². The van der Waals surface area contributed by atoms with Crippen molar-refractivity contribution in [2.75, 3.05) is 6.61 Å². The van der Waals surface area contributed by atoms with Crippen LogP contribution in [-0.4, -0.2) is 18.9 Å². The molecule has 0 spiro atoms.